The fraction of sp³-hybridized carbons (Fsp3) is 0.355. The van der Waals surface area contributed by atoms with E-state index in [0.717, 1.165) is 31.4 Å². The molecule has 0 saturated carbocycles. The smallest absolute Gasteiger partial charge is 0.256 e. The van der Waals surface area contributed by atoms with Gasteiger partial charge in [0, 0.05) is 19.5 Å². The van der Waals surface area contributed by atoms with E-state index in [4.69, 9.17) is 4.74 Å². The van der Waals surface area contributed by atoms with Crippen molar-refractivity contribution in [2.75, 3.05) is 6.54 Å². The molecule has 0 aromatic heterocycles. The van der Waals surface area contributed by atoms with Crippen molar-refractivity contribution >= 4 is 11.7 Å². The summed E-state index contributed by atoms with van der Waals surface area (Å²) in [7, 11) is 0. The van der Waals surface area contributed by atoms with E-state index in [-0.39, 0.29) is 11.7 Å². The number of carbonyl (C=O) groups excluding carboxylic acids is 2. The first-order valence-corrected chi connectivity index (χ1v) is 12.9. The highest BCUT2D eigenvalue weighted by Gasteiger charge is 2.30. The number of nitrogens with one attached hydrogen (secondary N) is 1. The van der Waals surface area contributed by atoms with E-state index in [0.29, 0.717) is 36.8 Å². The molecular weight excluding hydrogens is 448 g/mol. The summed E-state index contributed by atoms with van der Waals surface area (Å²) in [5, 5.41) is 3.08. The van der Waals surface area contributed by atoms with Crippen molar-refractivity contribution < 1.29 is 14.3 Å². The van der Waals surface area contributed by atoms with Gasteiger partial charge in [-0.25, -0.2) is 0 Å². The molecule has 0 radical (unpaired) electrons. The summed E-state index contributed by atoms with van der Waals surface area (Å²) in [6.07, 6.45) is 2.48. The van der Waals surface area contributed by atoms with Gasteiger partial charge in [0.25, 0.3) is 5.91 Å². The number of aryl methyl sites for hydroxylation is 1. The minimum atomic E-state index is -0.676. The molecule has 3 aromatic rings. The van der Waals surface area contributed by atoms with Crippen LogP contribution in [0.15, 0.2) is 78.9 Å². The highest BCUT2D eigenvalue weighted by Crippen LogP contribution is 2.23. The van der Waals surface area contributed by atoms with Gasteiger partial charge in [-0.1, -0.05) is 80.6 Å². The van der Waals surface area contributed by atoms with Gasteiger partial charge in [-0.15, -0.1) is 0 Å². The summed E-state index contributed by atoms with van der Waals surface area (Å²) < 4.78 is 6.02. The number of hydrogen-bond acceptors (Lipinski definition) is 4. The second kappa shape index (κ2) is 12.5. The van der Waals surface area contributed by atoms with Crippen LogP contribution in [0, 0.1) is 5.92 Å². The second-order valence-electron chi connectivity index (χ2n) is 9.89. The maximum Gasteiger partial charge on any atom is 0.256 e. The van der Waals surface area contributed by atoms with E-state index in [2.05, 4.69) is 42.3 Å². The molecular formula is C31H36N2O3. The first-order chi connectivity index (χ1) is 17.5. The molecule has 0 aliphatic carbocycles. The lowest BCUT2D eigenvalue weighted by Gasteiger charge is -2.31. The van der Waals surface area contributed by atoms with Crippen molar-refractivity contribution in [1.29, 1.82) is 0 Å². The fourth-order valence-corrected chi connectivity index (χ4v) is 4.61. The van der Waals surface area contributed by atoms with Crippen LogP contribution in [0.5, 0.6) is 5.75 Å². The number of ether oxygens (including phenoxy) is 1. The molecule has 1 heterocycles. The number of nitrogens with zero attached hydrogens (tertiary/aromatic N) is 1. The average molecular weight is 485 g/mol. The first kappa shape index (κ1) is 25.6. The molecule has 0 spiro atoms. The van der Waals surface area contributed by atoms with Crippen LogP contribution >= 0.6 is 0 Å². The predicted octanol–water partition coefficient (Wildman–Crippen LogP) is 5.78. The molecule has 0 bridgehead atoms. The van der Waals surface area contributed by atoms with Crippen LogP contribution in [0.1, 0.15) is 60.2 Å². The van der Waals surface area contributed by atoms with Gasteiger partial charge in [-0.05, 0) is 54.0 Å². The fourth-order valence-electron chi connectivity index (χ4n) is 4.61. The minimum Gasteiger partial charge on any atom is -0.488 e. The van der Waals surface area contributed by atoms with E-state index in [1.165, 1.54) is 11.1 Å². The van der Waals surface area contributed by atoms with Gasteiger partial charge < -0.3 is 10.1 Å². The zero-order chi connectivity index (χ0) is 25.3. The Labute approximate surface area is 214 Å². The molecule has 3 aromatic carbocycles. The van der Waals surface area contributed by atoms with Gasteiger partial charge in [-0.3, -0.25) is 14.5 Å². The third kappa shape index (κ3) is 6.82. The number of fused-ring (bicyclic) bond motifs is 1. The molecule has 188 valence electrons. The Morgan fingerprint density at radius 2 is 1.61 bits per heavy atom. The van der Waals surface area contributed by atoms with Crippen molar-refractivity contribution in [2.45, 2.75) is 58.8 Å². The molecule has 0 fully saturated rings. The average Bonchev–Trinajstić information content (AvgIpc) is 3.12. The van der Waals surface area contributed by atoms with E-state index >= 15 is 0 Å². The standard InChI is InChI=1S/C31H36N2O3/c1-23(2)18-19-28(34)30(33-20-10-15-25-13-6-7-14-26(25)21-33)32-31(35)27-16-8-9-17-29(27)36-22-24-11-4-3-5-12-24/h3-9,11-14,16-17,23,30H,10,15,18-22H2,1-2H3,(H,32,35). The van der Waals surface area contributed by atoms with Gasteiger partial charge in [0.15, 0.2) is 5.78 Å². The zero-order valence-electron chi connectivity index (χ0n) is 21.3. The van der Waals surface area contributed by atoms with Crippen LogP contribution in [-0.2, 0) is 24.4 Å². The van der Waals surface area contributed by atoms with Gasteiger partial charge in [0.1, 0.15) is 18.5 Å². The summed E-state index contributed by atoms with van der Waals surface area (Å²) in [4.78, 5) is 29.1. The predicted molar refractivity (Wildman–Crippen MR) is 143 cm³/mol. The highest BCUT2D eigenvalue weighted by atomic mass is 16.5. The molecule has 5 nitrogen and oxygen atoms in total. The Balaban J connectivity index is 1.54. The molecule has 1 aliphatic rings. The van der Waals surface area contributed by atoms with Gasteiger partial charge in [0.05, 0.1) is 5.56 Å². The van der Waals surface area contributed by atoms with E-state index in [1.54, 1.807) is 12.1 Å². The number of hydrogen-bond donors (Lipinski definition) is 1. The highest BCUT2D eigenvalue weighted by molar-refractivity contribution is 5.99. The van der Waals surface area contributed by atoms with Crippen molar-refractivity contribution in [1.82, 2.24) is 10.2 Å². The van der Waals surface area contributed by atoms with Crippen molar-refractivity contribution in [3.8, 4) is 5.75 Å². The normalized spacial score (nSPS) is 14.5. The number of benzene rings is 3. The summed E-state index contributed by atoms with van der Waals surface area (Å²) >= 11 is 0. The molecule has 1 atom stereocenters. The molecule has 0 saturated heterocycles. The van der Waals surface area contributed by atoms with Crippen molar-refractivity contribution in [3.05, 3.63) is 101 Å². The molecule has 36 heavy (non-hydrogen) atoms. The zero-order valence-corrected chi connectivity index (χ0v) is 21.3. The number of para-hydroxylation sites is 1. The lowest BCUT2D eigenvalue weighted by atomic mass is 10.0. The molecule has 1 aliphatic heterocycles. The number of ketones is 1. The summed E-state index contributed by atoms with van der Waals surface area (Å²) in [5.41, 5.74) is 4.00. The number of amides is 1. The van der Waals surface area contributed by atoms with Gasteiger partial charge in [0.2, 0.25) is 0 Å². The number of carbonyl (C=O) groups is 2. The number of rotatable bonds is 10. The van der Waals surface area contributed by atoms with Crippen LogP contribution < -0.4 is 10.1 Å². The summed E-state index contributed by atoms with van der Waals surface area (Å²) in [5.74, 6) is 0.689. The first-order valence-electron chi connectivity index (χ1n) is 12.9. The monoisotopic (exact) mass is 484 g/mol. The lowest BCUT2D eigenvalue weighted by Crippen LogP contribution is -2.53. The summed E-state index contributed by atoms with van der Waals surface area (Å²) in [6, 6.07) is 25.5. The number of Topliss-reactive ketones (excluding diaryl/α,β-unsaturated/α-hetero) is 1. The molecule has 1 unspecified atom stereocenters. The lowest BCUT2D eigenvalue weighted by molar-refractivity contribution is -0.125. The molecule has 5 heteroatoms. The Kier molecular flexibility index (Phi) is 8.90. The Morgan fingerprint density at radius 1 is 0.917 bits per heavy atom. The Hall–Kier alpha value is -3.44. The van der Waals surface area contributed by atoms with Crippen molar-refractivity contribution in [3.63, 3.8) is 0 Å². The quantitative estimate of drug-likeness (QED) is 0.397. The van der Waals surface area contributed by atoms with Crippen LogP contribution in [-0.4, -0.2) is 29.3 Å². The van der Waals surface area contributed by atoms with Crippen LogP contribution in [0.25, 0.3) is 0 Å². The third-order valence-corrected chi connectivity index (χ3v) is 6.66. The molecule has 1 N–H and O–H groups in total. The van der Waals surface area contributed by atoms with Gasteiger partial charge in [-0.2, -0.15) is 0 Å². The topological polar surface area (TPSA) is 58.6 Å². The van der Waals surface area contributed by atoms with Crippen molar-refractivity contribution in [2.24, 2.45) is 5.92 Å². The van der Waals surface area contributed by atoms with Gasteiger partial charge >= 0.3 is 0 Å². The largest absolute Gasteiger partial charge is 0.488 e. The third-order valence-electron chi connectivity index (χ3n) is 6.66. The van der Waals surface area contributed by atoms with E-state index in [1.807, 2.05) is 48.5 Å². The maximum absolute atomic E-state index is 13.5. The Morgan fingerprint density at radius 3 is 2.39 bits per heavy atom. The van der Waals surface area contributed by atoms with E-state index < -0.39 is 6.17 Å². The molecule has 1 amide bonds. The second-order valence-corrected chi connectivity index (χ2v) is 9.89. The SMILES string of the molecule is CC(C)CCC(=O)C(NC(=O)c1ccccc1OCc1ccccc1)N1CCCc2ccccc2C1. The molecule has 4 rings (SSSR count). The van der Waals surface area contributed by atoms with Crippen LogP contribution in [0.4, 0.5) is 0 Å². The van der Waals surface area contributed by atoms with Crippen LogP contribution in [0.3, 0.4) is 0 Å². The maximum atomic E-state index is 13.5. The summed E-state index contributed by atoms with van der Waals surface area (Å²) in [6.45, 7) is 5.98. The van der Waals surface area contributed by atoms with Crippen LogP contribution in [0.2, 0.25) is 0 Å². The minimum absolute atomic E-state index is 0.0547. The Bertz CT molecular complexity index is 1160. The van der Waals surface area contributed by atoms with E-state index in [9.17, 15) is 9.59 Å².